The first kappa shape index (κ1) is 16.7. The van der Waals surface area contributed by atoms with Crippen LogP contribution in [-0.2, 0) is 4.79 Å². The van der Waals surface area contributed by atoms with E-state index in [0.717, 1.165) is 11.3 Å². The summed E-state index contributed by atoms with van der Waals surface area (Å²) < 4.78 is 5.32. The molecular weight excluding hydrogens is 347 g/mol. The van der Waals surface area contributed by atoms with Crippen molar-refractivity contribution in [1.29, 1.82) is 0 Å². The molecule has 2 rings (SSSR count). The summed E-state index contributed by atoms with van der Waals surface area (Å²) in [6, 6.07) is 4.73. The van der Waals surface area contributed by atoms with E-state index in [-0.39, 0.29) is 12.4 Å². The number of benzene rings is 1. The maximum Gasteiger partial charge on any atom is 0.264 e. The molecule has 0 radical (unpaired) electrons. The number of ether oxygens (including phenoxy) is 1. The van der Waals surface area contributed by atoms with Gasteiger partial charge in [-0.2, -0.15) is 0 Å². The van der Waals surface area contributed by atoms with E-state index < -0.39 is 5.91 Å². The lowest BCUT2D eigenvalue weighted by molar-refractivity contribution is -0.118. The number of aryl methyl sites for hydroxylation is 1. The van der Waals surface area contributed by atoms with Crippen LogP contribution in [0.2, 0.25) is 10.0 Å². The average molecular weight is 359 g/mol. The quantitative estimate of drug-likeness (QED) is 0.820. The zero-order valence-corrected chi connectivity index (χ0v) is 14.1. The van der Waals surface area contributed by atoms with E-state index in [4.69, 9.17) is 27.9 Å². The number of anilines is 1. The molecule has 2 aromatic rings. The van der Waals surface area contributed by atoms with Crippen LogP contribution < -0.4 is 10.1 Å². The van der Waals surface area contributed by atoms with E-state index in [2.05, 4.69) is 10.3 Å². The van der Waals surface area contributed by atoms with Crippen LogP contribution >= 0.6 is 34.5 Å². The van der Waals surface area contributed by atoms with Crippen LogP contribution in [0.15, 0.2) is 18.2 Å². The highest BCUT2D eigenvalue weighted by molar-refractivity contribution is 7.17. The molecule has 0 aliphatic carbocycles. The fourth-order valence-electron chi connectivity index (χ4n) is 1.66. The molecule has 1 heterocycles. The molecule has 0 spiro atoms. The fourth-order valence-corrected chi connectivity index (χ4v) is 2.88. The fraction of sp³-hybridized carbons (Fsp3) is 0.214. The summed E-state index contributed by atoms with van der Waals surface area (Å²) in [5, 5.41) is 3.75. The predicted octanol–water partition coefficient (Wildman–Crippen LogP) is 3.98. The van der Waals surface area contributed by atoms with E-state index in [9.17, 15) is 9.59 Å². The highest BCUT2D eigenvalue weighted by Crippen LogP contribution is 2.28. The maximum absolute atomic E-state index is 11.8. The van der Waals surface area contributed by atoms with Crippen molar-refractivity contribution in [3.8, 4) is 5.75 Å². The first-order chi connectivity index (χ1) is 10.4. The number of Topliss-reactive ketones (excluding diaryl/α,β-unsaturated/α-hetero) is 1. The van der Waals surface area contributed by atoms with Crippen molar-refractivity contribution in [2.45, 2.75) is 13.8 Å². The predicted molar refractivity (Wildman–Crippen MR) is 87.4 cm³/mol. The molecule has 116 valence electrons. The molecule has 1 aromatic carbocycles. The molecule has 1 N–H and O–H groups in total. The van der Waals surface area contributed by atoms with E-state index >= 15 is 0 Å². The van der Waals surface area contributed by atoms with Crippen LogP contribution in [0.1, 0.15) is 22.3 Å². The number of hydrogen-bond acceptors (Lipinski definition) is 5. The third kappa shape index (κ3) is 4.19. The number of nitrogens with zero attached hydrogens (tertiary/aromatic N) is 1. The minimum atomic E-state index is -0.403. The Kier molecular flexibility index (Phi) is 5.39. The second-order valence-corrected chi connectivity index (χ2v) is 6.24. The Hall–Kier alpha value is -1.63. The van der Waals surface area contributed by atoms with Gasteiger partial charge in [0.05, 0.1) is 15.6 Å². The molecule has 0 saturated heterocycles. The molecular formula is C14H12Cl2N2O3S. The van der Waals surface area contributed by atoms with Gasteiger partial charge in [0, 0.05) is 18.0 Å². The summed E-state index contributed by atoms with van der Waals surface area (Å²) in [6.07, 6.45) is 0. The molecule has 0 atom stereocenters. The van der Waals surface area contributed by atoms with Crippen molar-refractivity contribution in [3.63, 3.8) is 0 Å². The van der Waals surface area contributed by atoms with Crippen LogP contribution in [0, 0.1) is 6.92 Å². The van der Waals surface area contributed by atoms with E-state index in [1.54, 1.807) is 19.1 Å². The van der Waals surface area contributed by atoms with Gasteiger partial charge in [-0.25, -0.2) is 4.98 Å². The summed E-state index contributed by atoms with van der Waals surface area (Å²) in [6.45, 7) is 2.93. The number of thiazole rings is 1. The summed E-state index contributed by atoms with van der Waals surface area (Å²) >= 11 is 12.9. The number of aromatic nitrogens is 1. The Morgan fingerprint density at radius 3 is 2.73 bits per heavy atom. The minimum Gasteiger partial charge on any atom is -0.482 e. The Balaban J connectivity index is 1.97. The molecule has 0 bridgehead atoms. The van der Waals surface area contributed by atoms with Crippen molar-refractivity contribution >= 4 is 51.4 Å². The van der Waals surface area contributed by atoms with Gasteiger partial charge in [0.15, 0.2) is 17.5 Å². The topological polar surface area (TPSA) is 68.3 Å². The van der Waals surface area contributed by atoms with Crippen molar-refractivity contribution in [2.24, 2.45) is 0 Å². The molecule has 0 aliphatic rings. The van der Waals surface area contributed by atoms with Gasteiger partial charge in [-0.3, -0.25) is 14.9 Å². The molecule has 0 fully saturated rings. The highest BCUT2D eigenvalue weighted by Gasteiger charge is 2.14. The van der Waals surface area contributed by atoms with Crippen molar-refractivity contribution in [3.05, 3.63) is 38.8 Å². The molecule has 0 aliphatic heterocycles. The molecule has 0 unspecified atom stereocenters. The van der Waals surface area contributed by atoms with E-state index in [0.29, 0.717) is 31.5 Å². The Morgan fingerprint density at radius 1 is 1.36 bits per heavy atom. The lowest BCUT2D eigenvalue weighted by Gasteiger charge is -2.07. The molecule has 22 heavy (non-hydrogen) atoms. The Labute approximate surface area is 141 Å². The number of carbonyl (C=O) groups is 2. The van der Waals surface area contributed by atoms with Crippen molar-refractivity contribution < 1.29 is 14.3 Å². The number of rotatable bonds is 5. The van der Waals surface area contributed by atoms with E-state index in [1.165, 1.54) is 13.0 Å². The highest BCUT2D eigenvalue weighted by atomic mass is 35.5. The Morgan fingerprint density at radius 2 is 2.09 bits per heavy atom. The molecule has 8 heteroatoms. The zero-order valence-electron chi connectivity index (χ0n) is 11.8. The summed E-state index contributed by atoms with van der Waals surface area (Å²) in [5.41, 5.74) is 0.589. The van der Waals surface area contributed by atoms with Crippen LogP contribution in [0.3, 0.4) is 0 Å². The zero-order chi connectivity index (χ0) is 16.3. The van der Waals surface area contributed by atoms with Crippen LogP contribution in [-0.4, -0.2) is 23.3 Å². The normalized spacial score (nSPS) is 10.4. The number of amides is 1. The van der Waals surface area contributed by atoms with Gasteiger partial charge in [-0.1, -0.05) is 34.5 Å². The number of carbonyl (C=O) groups excluding carboxylic acids is 2. The smallest absolute Gasteiger partial charge is 0.264 e. The average Bonchev–Trinajstić information content (AvgIpc) is 2.80. The summed E-state index contributed by atoms with van der Waals surface area (Å²) in [7, 11) is 0. The monoisotopic (exact) mass is 358 g/mol. The summed E-state index contributed by atoms with van der Waals surface area (Å²) in [5.74, 6) is -0.165. The Bertz CT molecular complexity index is 731. The van der Waals surface area contributed by atoms with E-state index in [1.807, 2.05) is 0 Å². The van der Waals surface area contributed by atoms with Crippen LogP contribution in [0.25, 0.3) is 0 Å². The molecule has 5 nitrogen and oxygen atoms in total. The van der Waals surface area contributed by atoms with Gasteiger partial charge in [-0.15, -0.1) is 0 Å². The van der Waals surface area contributed by atoms with Crippen molar-refractivity contribution in [1.82, 2.24) is 4.98 Å². The minimum absolute atomic E-state index is 0.0857. The van der Waals surface area contributed by atoms with Gasteiger partial charge in [-0.05, 0) is 19.1 Å². The van der Waals surface area contributed by atoms with Gasteiger partial charge in [0.1, 0.15) is 5.75 Å². The molecule has 0 saturated carbocycles. The van der Waals surface area contributed by atoms with Crippen molar-refractivity contribution in [2.75, 3.05) is 11.9 Å². The first-order valence-electron chi connectivity index (χ1n) is 6.23. The number of ketones is 1. The van der Waals surface area contributed by atoms with Crippen LogP contribution in [0.5, 0.6) is 5.75 Å². The van der Waals surface area contributed by atoms with Gasteiger partial charge >= 0.3 is 0 Å². The largest absolute Gasteiger partial charge is 0.482 e. The van der Waals surface area contributed by atoms with Gasteiger partial charge in [0.2, 0.25) is 0 Å². The second kappa shape index (κ2) is 7.09. The van der Waals surface area contributed by atoms with Crippen LogP contribution in [0.4, 0.5) is 5.13 Å². The van der Waals surface area contributed by atoms with Gasteiger partial charge < -0.3 is 4.74 Å². The maximum atomic E-state index is 11.8. The summed E-state index contributed by atoms with van der Waals surface area (Å²) in [4.78, 5) is 27.8. The second-order valence-electron chi connectivity index (χ2n) is 4.40. The third-order valence-corrected chi connectivity index (χ3v) is 4.34. The third-order valence-electron chi connectivity index (χ3n) is 2.61. The number of nitrogens with one attached hydrogen (secondary N) is 1. The number of hydrogen-bond donors (Lipinski definition) is 1. The van der Waals surface area contributed by atoms with Gasteiger partial charge in [0.25, 0.3) is 5.91 Å². The lowest BCUT2D eigenvalue weighted by Crippen LogP contribution is -2.20. The SMILES string of the molecule is CC(=O)c1sc(NC(=O)COc2cc(Cl)ccc2Cl)nc1C. The number of halogens is 2. The standard InChI is InChI=1S/C14H12Cl2N2O3S/c1-7-13(8(2)19)22-14(17-7)18-12(20)6-21-11-5-9(15)3-4-10(11)16/h3-5H,6H2,1-2H3,(H,17,18,20). The first-order valence-corrected chi connectivity index (χ1v) is 7.80. The lowest BCUT2D eigenvalue weighted by atomic mass is 10.3. The molecule has 1 amide bonds. The molecule has 1 aromatic heterocycles.